The molecule has 2 rings (SSSR count). The summed E-state index contributed by atoms with van der Waals surface area (Å²) in [7, 11) is 2.11. The normalized spacial score (nSPS) is 18.3. The standard InChI is InChI=1S/C15H22F2N2O/c1-10(19(2)12-4-5-12)8-18-9-15(20)11-3-6-13(16)14(17)7-11/h3,6-7,10,12,15,18,20H,4-5,8-9H2,1-2H3. The Morgan fingerprint density at radius 2 is 2.00 bits per heavy atom. The molecule has 2 N–H and O–H groups in total. The summed E-state index contributed by atoms with van der Waals surface area (Å²) >= 11 is 0. The van der Waals surface area contributed by atoms with Gasteiger partial charge in [0.05, 0.1) is 6.10 Å². The largest absolute Gasteiger partial charge is 0.387 e. The minimum Gasteiger partial charge on any atom is -0.387 e. The highest BCUT2D eigenvalue weighted by Crippen LogP contribution is 2.26. The van der Waals surface area contributed by atoms with Crippen LogP contribution in [0.2, 0.25) is 0 Å². The van der Waals surface area contributed by atoms with Crippen molar-refractivity contribution in [1.82, 2.24) is 10.2 Å². The van der Waals surface area contributed by atoms with Gasteiger partial charge in [0.1, 0.15) is 0 Å². The lowest BCUT2D eigenvalue weighted by molar-refractivity contribution is 0.166. The number of aliphatic hydroxyl groups excluding tert-OH is 1. The molecule has 2 unspecified atom stereocenters. The van der Waals surface area contributed by atoms with E-state index in [4.69, 9.17) is 0 Å². The summed E-state index contributed by atoms with van der Waals surface area (Å²) in [4.78, 5) is 2.33. The molecule has 112 valence electrons. The van der Waals surface area contributed by atoms with Crippen molar-refractivity contribution in [3.8, 4) is 0 Å². The van der Waals surface area contributed by atoms with Crippen LogP contribution in [0.1, 0.15) is 31.4 Å². The van der Waals surface area contributed by atoms with Crippen LogP contribution in [0.5, 0.6) is 0 Å². The SMILES string of the molecule is CC(CNCC(O)c1ccc(F)c(F)c1)N(C)C1CC1. The molecule has 1 aromatic carbocycles. The molecule has 0 amide bonds. The Bertz CT molecular complexity index is 451. The van der Waals surface area contributed by atoms with Gasteiger partial charge in [-0.1, -0.05) is 6.07 Å². The van der Waals surface area contributed by atoms with E-state index in [2.05, 4.69) is 24.2 Å². The van der Waals surface area contributed by atoms with Gasteiger partial charge in [-0.3, -0.25) is 4.90 Å². The van der Waals surface area contributed by atoms with Crippen molar-refractivity contribution in [1.29, 1.82) is 0 Å². The first kappa shape index (κ1) is 15.4. The van der Waals surface area contributed by atoms with E-state index in [0.717, 1.165) is 18.7 Å². The maximum absolute atomic E-state index is 13.1. The van der Waals surface area contributed by atoms with Crippen LogP contribution in [0.4, 0.5) is 8.78 Å². The molecule has 1 aliphatic carbocycles. The summed E-state index contributed by atoms with van der Waals surface area (Å²) in [5.74, 6) is -1.82. The molecule has 0 saturated heterocycles. The minimum atomic E-state index is -0.927. The average Bonchev–Trinajstić information content (AvgIpc) is 3.25. The lowest BCUT2D eigenvalue weighted by Gasteiger charge is -2.25. The molecule has 1 saturated carbocycles. The predicted octanol–water partition coefficient (Wildman–Crippen LogP) is 2.07. The quantitative estimate of drug-likeness (QED) is 0.804. The van der Waals surface area contributed by atoms with Gasteiger partial charge in [0.25, 0.3) is 0 Å². The monoisotopic (exact) mass is 284 g/mol. The van der Waals surface area contributed by atoms with Gasteiger partial charge >= 0.3 is 0 Å². The van der Waals surface area contributed by atoms with E-state index >= 15 is 0 Å². The van der Waals surface area contributed by atoms with Crippen molar-refractivity contribution in [2.75, 3.05) is 20.1 Å². The number of hydrogen-bond donors (Lipinski definition) is 2. The Kier molecular flexibility index (Phi) is 5.07. The topological polar surface area (TPSA) is 35.5 Å². The van der Waals surface area contributed by atoms with Crippen molar-refractivity contribution < 1.29 is 13.9 Å². The molecule has 20 heavy (non-hydrogen) atoms. The van der Waals surface area contributed by atoms with Crippen LogP contribution < -0.4 is 5.32 Å². The molecule has 1 fully saturated rings. The summed E-state index contributed by atoms with van der Waals surface area (Å²) in [6.45, 7) is 3.22. The van der Waals surface area contributed by atoms with Crippen LogP contribution in [-0.4, -0.2) is 42.2 Å². The Morgan fingerprint density at radius 1 is 1.30 bits per heavy atom. The van der Waals surface area contributed by atoms with Crippen LogP contribution in [0.15, 0.2) is 18.2 Å². The highest BCUT2D eigenvalue weighted by atomic mass is 19.2. The second-order valence-electron chi connectivity index (χ2n) is 5.59. The van der Waals surface area contributed by atoms with Gasteiger partial charge in [0.2, 0.25) is 0 Å². The number of hydrogen-bond acceptors (Lipinski definition) is 3. The maximum Gasteiger partial charge on any atom is 0.159 e. The Labute approximate surface area is 118 Å². The van der Waals surface area contributed by atoms with Gasteiger partial charge in [-0.25, -0.2) is 8.78 Å². The summed E-state index contributed by atoms with van der Waals surface area (Å²) in [6.07, 6.45) is 1.69. The molecule has 0 aliphatic heterocycles. The first-order chi connectivity index (χ1) is 9.49. The molecular formula is C15H22F2N2O. The molecule has 2 atom stereocenters. The highest BCUT2D eigenvalue weighted by Gasteiger charge is 2.28. The molecule has 1 aromatic rings. The molecule has 0 heterocycles. The second-order valence-corrected chi connectivity index (χ2v) is 5.59. The van der Waals surface area contributed by atoms with Crippen molar-refractivity contribution in [3.05, 3.63) is 35.4 Å². The third-order valence-electron chi connectivity index (χ3n) is 3.92. The molecule has 1 aliphatic rings. The summed E-state index contributed by atoms with van der Waals surface area (Å²) in [5, 5.41) is 13.1. The number of benzene rings is 1. The van der Waals surface area contributed by atoms with Gasteiger partial charge in [0.15, 0.2) is 11.6 Å². The van der Waals surface area contributed by atoms with E-state index in [0.29, 0.717) is 24.2 Å². The van der Waals surface area contributed by atoms with Crippen molar-refractivity contribution in [2.45, 2.75) is 38.0 Å². The van der Waals surface area contributed by atoms with Crippen molar-refractivity contribution >= 4 is 0 Å². The van der Waals surface area contributed by atoms with E-state index < -0.39 is 17.7 Å². The predicted molar refractivity (Wildman–Crippen MR) is 74.4 cm³/mol. The van der Waals surface area contributed by atoms with E-state index in [9.17, 15) is 13.9 Å². The maximum atomic E-state index is 13.1. The van der Waals surface area contributed by atoms with E-state index in [1.807, 2.05) is 0 Å². The number of halogens is 2. The van der Waals surface area contributed by atoms with E-state index in [-0.39, 0.29) is 0 Å². The van der Waals surface area contributed by atoms with Crippen LogP contribution in [0.25, 0.3) is 0 Å². The molecule has 0 bridgehead atoms. The average molecular weight is 284 g/mol. The Hall–Kier alpha value is -1.04. The number of nitrogens with zero attached hydrogens (tertiary/aromatic N) is 1. The zero-order valence-electron chi connectivity index (χ0n) is 11.9. The summed E-state index contributed by atoms with van der Waals surface area (Å²) < 4.78 is 25.9. The minimum absolute atomic E-state index is 0.327. The fourth-order valence-corrected chi connectivity index (χ4v) is 2.25. The highest BCUT2D eigenvalue weighted by molar-refractivity contribution is 5.20. The molecule has 3 nitrogen and oxygen atoms in total. The first-order valence-electron chi connectivity index (χ1n) is 7.04. The van der Waals surface area contributed by atoms with Gasteiger partial charge in [-0.2, -0.15) is 0 Å². The van der Waals surface area contributed by atoms with Crippen molar-refractivity contribution in [2.24, 2.45) is 0 Å². The van der Waals surface area contributed by atoms with Crippen LogP contribution in [0, 0.1) is 11.6 Å². The first-order valence-corrected chi connectivity index (χ1v) is 7.04. The lowest BCUT2D eigenvalue weighted by atomic mass is 10.1. The molecule has 0 spiro atoms. The fourth-order valence-electron chi connectivity index (χ4n) is 2.25. The Balaban J connectivity index is 1.76. The smallest absolute Gasteiger partial charge is 0.159 e. The molecular weight excluding hydrogens is 262 g/mol. The third-order valence-corrected chi connectivity index (χ3v) is 3.92. The fraction of sp³-hybridized carbons (Fsp3) is 0.600. The van der Waals surface area contributed by atoms with Gasteiger partial charge in [0, 0.05) is 25.2 Å². The third kappa shape index (κ3) is 3.98. The Morgan fingerprint density at radius 3 is 2.60 bits per heavy atom. The van der Waals surface area contributed by atoms with Crippen LogP contribution >= 0.6 is 0 Å². The second kappa shape index (κ2) is 6.61. The van der Waals surface area contributed by atoms with Gasteiger partial charge in [-0.15, -0.1) is 0 Å². The van der Waals surface area contributed by atoms with E-state index in [1.165, 1.54) is 18.9 Å². The number of rotatable bonds is 7. The van der Waals surface area contributed by atoms with Gasteiger partial charge < -0.3 is 10.4 Å². The number of aliphatic hydroxyl groups is 1. The lowest BCUT2D eigenvalue weighted by Crippen LogP contribution is -2.40. The zero-order chi connectivity index (χ0) is 14.7. The molecule has 0 radical (unpaired) electrons. The number of likely N-dealkylation sites (N-methyl/N-ethyl adjacent to an activating group) is 1. The number of nitrogens with one attached hydrogen (secondary N) is 1. The summed E-state index contributed by atoms with van der Waals surface area (Å²) in [6, 6.07) is 4.58. The zero-order valence-corrected chi connectivity index (χ0v) is 11.9. The summed E-state index contributed by atoms with van der Waals surface area (Å²) in [5.41, 5.74) is 0.389. The van der Waals surface area contributed by atoms with Crippen LogP contribution in [-0.2, 0) is 0 Å². The van der Waals surface area contributed by atoms with Crippen LogP contribution in [0.3, 0.4) is 0 Å². The molecule has 5 heteroatoms. The molecule has 0 aromatic heterocycles. The van der Waals surface area contributed by atoms with Crippen molar-refractivity contribution in [3.63, 3.8) is 0 Å². The van der Waals surface area contributed by atoms with Gasteiger partial charge in [-0.05, 0) is 44.5 Å². The van der Waals surface area contributed by atoms with E-state index in [1.54, 1.807) is 0 Å².